The van der Waals surface area contributed by atoms with Crippen LogP contribution in [-0.4, -0.2) is 39.0 Å². The topological polar surface area (TPSA) is 34.0 Å². The first-order valence-electron chi connectivity index (χ1n) is 8.24. The Labute approximate surface area is 126 Å². The van der Waals surface area contributed by atoms with Crippen LogP contribution in [0, 0.1) is 5.92 Å². The molecule has 2 rings (SSSR count). The molecule has 3 atom stereocenters. The standard InChI is InChI=1S/C10H18N4.3C2H6/c1-8-6-10(9(2)13(8)3)7-14-5-4-11-12-14;3*1-2/h4-5,8-10H,6-7H2,1-3H3;3*1-2H3/t8?,9-,10?;;;/m1.../s1. The monoisotopic (exact) mass is 284 g/mol. The Kier molecular flexibility index (Phi) is 14.0. The summed E-state index contributed by atoms with van der Waals surface area (Å²) in [5, 5.41) is 7.84. The summed E-state index contributed by atoms with van der Waals surface area (Å²) in [6.07, 6.45) is 4.94. The minimum Gasteiger partial charge on any atom is -0.301 e. The van der Waals surface area contributed by atoms with Crippen molar-refractivity contribution in [2.24, 2.45) is 5.92 Å². The number of likely N-dealkylation sites (tertiary alicyclic amines) is 1. The lowest BCUT2D eigenvalue weighted by Crippen LogP contribution is -2.31. The molecule has 2 unspecified atom stereocenters. The average Bonchev–Trinajstić information content (AvgIpc) is 3.11. The largest absolute Gasteiger partial charge is 0.301 e. The molecule has 0 radical (unpaired) electrons. The second kappa shape index (κ2) is 13.1. The van der Waals surface area contributed by atoms with E-state index in [0.29, 0.717) is 18.0 Å². The van der Waals surface area contributed by atoms with Gasteiger partial charge >= 0.3 is 0 Å². The molecule has 0 N–H and O–H groups in total. The molecule has 0 bridgehead atoms. The van der Waals surface area contributed by atoms with Crippen LogP contribution in [0.2, 0.25) is 0 Å². The van der Waals surface area contributed by atoms with E-state index in [1.807, 2.05) is 52.4 Å². The Morgan fingerprint density at radius 1 is 1.05 bits per heavy atom. The van der Waals surface area contributed by atoms with Gasteiger partial charge in [0.25, 0.3) is 0 Å². The zero-order chi connectivity index (χ0) is 16.1. The molecule has 4 heteroatoms. The molecule has 20 heavy (non-hydrogen) atoms. The highest BCUT2D eigenvalue weighted by atomic mass is 15.4. The van der Waals surface area contributed by atoms with Gasteiger partial charge in [-0.3, -0.25) is 4.68 Å². The maximum Gasteiger partial charge on any atom is 0.0692 e. The van der Waals surface area contributed by atoms with Crippen molar-refractivity contribution in [1.29, 1.82) is 0 Å². The second-order valence-electron chi connectivity index (χ2n) is 4.38. The minimum atomic E-state index is 0.647. The summed E-state index contributed by atoms with van der Waals surface area (Å²) >= 11 is 0. The van der Waals surface area contributed by atoms with Gasteiger partial charge < -0.3 is 4.90 Å². The van der Waals surface area contributed by atoms with Gasteiger partial charge in [-0.05, 0) is 33.2 Å². The van der Waals surface area contributed by atoms with Crippen molar-refractivity contribution in [3.63, 3.8) is 0 Å². The van der Waals surface area contributed by atoms with Gasteiger partial charge in [0.15, 0.2) is 0 Å². The first-order chi connectivity index (χ1) is 9.68. The van der Waals surface area contributed by atoms with Gasteiger partial charge in [-0.1, -0.05) is 46.8 Å². The molecule has 2 heterocycles. The van der Waals surface area contributed by atoms with E-state index in [1.54, 1.807) is 6.20 Å². The van der Waals surface area contributed by atoms with Crippen molar-refractivity contribution in [3.8, 4) is 0 Å². The van der Waals surface area contributed by atoms with E-state index in [9.17, 15) is 0 Å². The van der Waals surface area contributed by atoms with Crippen molar-refractivity contribution in [1.82, 2.24) is 19.9 Å². The summed E-state index contributed by atoms with van der Waals surface area (Å²) < 4.78 is 1.94. The van der Waals surface area contributed by atoms with Crippen LogP contribution in [0.4, 0.5) is 0 Å². The predicted octanol–water partition coefficient (Wildman–Crippen LogP) is 4.09. The maximum atomic E-state index is 4.01. The summed E-state index contributed by atoms with van der Waals surface area (Å²) in [7, 11) is 2.21. The van der Waals surface area contributed by atoms with Crippen LogP contribution in [0.5, 0.6) is 0 Å². The van der Waals surface area contributed by atoms with E-state index >= 15 is 0 Å². The smallest absolute Gasteiger partial charge is 0.0692 e. The third kappa shape index (κ3) is 6.51. The molecule has 1 fully saturated rings. The molecule has 120 valence electrons. The fourth-order valence-electron chi connectivity index (χ4n) is 2.33. The van der Waals surface area contributed by atoms with Crippen LogP contribution in [0.25, 0.3) is 0 Å². The van der Waals surface area contributed by atoms with Crippen LogP contribution in [0.3, 0.4) is 0 Å². The Balaban J connectivity index is 0. The first kappa shape index (κ1) is 21.4. The summed E-state index contributed by atoms with van der Waals surface area (Å²) in [4.78, 5) is 2.45. The fourth-order valence-corrected chi connectivity index (χ4v) is 2.33. The summed E-state index contributed by atoms with van der Waals surface area (Å²) in [5.41, 5.74) is 0. The molecular formula is C16H36N4. The van der Waals surface area contributed by atoms with Crippen LogP contribution < -0.4 is 0 Å². The molecule has 0 aliphatic carbocycles. The van der Waals surface area contributed by atoms with E-state index in [-0.39, 0.29) is 0 Å². The van der Waals surface area contributed by atoms with Gasteiger partial charge in [-0.25, -0.2) is 0 Å². The van der Waals surface area contributed by atoms with Crippen molar-refractivity contribution < 1.29 is 0 Å². The Hall–Kier alpha value is -0.900. The maximum absolute atomic E-state index is 4.01. The second-order valence-corrected chi connectivity index (χ2v) is 4.38. The average molecular weight is 284 g/mol. The van der Waals surface area contributed by atoms with E-state index in [4.69, 9.17) is 0 Å². The third-order valence-corrected chi connectivity index (χ3v) is 3.56. The number of aromatic nitrogens is 3. The number of rotatable bonds is 2. The van der Waals surface area contributed by atoms with E-state index in [1.165, 1.54) is 6.42 Å². The third-order valence-electron chi connectivity index (χ3n) is 3.56. The zero-order valence-electron chi connectivity index (χ0n) is 15.1. The van der Waals surface area contributed by atoms with Gasteiger partial charge in [0, 0.05) is 24.8 Å². The molecule has 1 aliphatic heterocycles. The minimum absolute atomic E-state index is 0.647. The Bertz CT molecular complexity index is 285. The SMILES string of the molecule is CC.CC.CC.CC1CC(Cn2ccnn2)[C@@H](C)N1C. The van der Waals surface area contributed by atoms with Crippen molar-refractivity contribution in [3.05, 3.63) is 12.4 Å². The molecule has 0 spiro atoms. The normalized spacial score (nSPS) is 24.6. The predicted molar refractivity (Wildman–Crippen MR) is 88.9 cm³/mol. The first-order valence-corrected chi connectivity index (χ1v) is 8.24. The zero-order valence-corrected chi connectivity index (χ0v) is 15.1. The van der Waals surface area contributed by atoms with E-state index in [0.717, 1.165) is 6.54 Å². The molecule has 0 saturated carbocycles. The van der Waals surface area contributed by atoms with Crippen LogP contribution in [-0.2, 0) is 6.54 Å². The van der Waals surface area contributed by atoms with Crippen LogP contribution >= 0.6 is 0 Å². The van der Waals surface area contributed by atoms with Crippen LogP contribution in [0.1, 0.15) is 61.8 Å². The van der Waals surface area contributed by atoms with Gasteiger partial charge in [0.1, 0.15) is 0 Å². The number of nitrogens with zero attached hydrogens (tertiary/aromatic N) is 4. The molecule has 0 amide bonds. The van der Waals surface area contributed by atoms with Crippen molar-refractivity contribution in [2.75, 3.05) is 7.05 Å². The lowest BCUT2D eigenvalue weighted by molar-refractivity contribution is 0.239. The molecule has 1 aromatic rings. The molecule has 1 aromatic heterocycles. The lowest BCUT2D eigenvalue weighted by Gasteiger charge is -2.22. The van der Waals surface area contributed by atoms with Gasteiger partial charge in [0.05, 0.1) is 6.20 Å². The Morgan fingerprint density at radius 3 is 1.95 bits per heavy atom. The number of hydrogen-bond acceptors (Lipinski definition) is 3. The quantitative estimate of drug-likeness (QED) is 0.820. The van der Waals surface area contributed by atoms with Gasteiger partial charge in [0.2, 0.25) is 0 Å². The van der Waals surface area contributed by atoms with Gasteiger partial charge in [-0.15, -0.1) is 5.10 Å². The summed E-state index contributed by atoms with van der Waals surface area (Å²) in [6.45, 7) is 17.6. The van der Waals surface area contributed by atoms with E-state index < -0.39 is 0 Å². The molecule has 4 nitrogen and oxygen atoms in total. The highest BCUT2D eigenvalue weighted by molar-refractivity contribution is 4.87. The Morgan fingerprint density at radius 2 is 1.60 bits per heavy atom. The summed E-state index contributed by atoms with van der Waals surface area (Å²) in [5.74, 6) is 0.705. The van der Waals surface area contributed by atoms with Crippen molar-refractivity contribution >= 4 is 0 Å². The highest BCUT2D eigenvalue weighted by Crippen LogP contribution is 2.28. The van der Waals surface area contributed by atoms with Crippen LogP contribution in [0.15, 0.2) is 12.4 Å². The molecule has 1 aliphatic rings. The fraction of sp³-hybridized carbons (Fsp3) is 0.875. The molecular weight excluding hydrogens is 248 g/mol. The lowest BCUT2D eigenvalue weighted by atomic mass is 10.0. The highest BCUT2D eigenvalue weighted by Gasteiger charge is 2.33. The molecule has 1 saturated heterocycles. The van der Waals surface area contributed by atoms with E-state index in [2.05, 4.69) is 36.1 Å². The number of hydrogen-bond donors (Lipinski definition) is 0. The molecule has 0 aromatic carbocycles. The van der Waals surface area contributed by atoms with Crippen molar-refractivity contribution in [2.45, 2.75) is 80.4 Å². The summed E-state index contributed by atoms with van der Waals surface area (Å²) in [6, 6.07) is 1.34. The van der Waals surface area contributed by atoms with Gasteiger partial charge in [-0.2, -0.15) is 0 Å².